The van der Waals surface area contributed by atoms with Crippen molar-refractivity contribution in [2.45, 2.75) is 25.7 Å². The van der Waals surface area contributed by atoms with E-state index in [1.54, 1.807) is 0 Å². The lowest BCUT2D eigenvalue weighted by atomic mass is 10.0. The van der Waals surface area contributed by atoms with Gasteiger partial charge in [0.15, 0.2) is 0 Å². The van der Waals surface area contributed by atoms with E-state index in [0.717, 1.165) is 48.5 Å². The molecule has 2 aromatic carbocycles. The van der Waals surface area contributed by atoms with Gasteiger partial charge in [0.25, 0.3) is 0 Å². The van der Waals surface area contributed by atoms with Crippen molar-refractivity contribution in [3.05, 3.63) is 59.1 Å². The molecule has 0 aliphatic carbocycles. The average molecular weight is 314 g/mol. The highest BCUT2D eigenvalue weighted by Crippen LogP contribution is 2.27. The number of amides is 1. The van der Waals surface area contributed by atoms with Crippen LogP contribution in [0.2, 0.25) is 5.02 Å². The zero-order valence-corrected chi connectivity index (χ0v) is 13.4. The van der Waals surface area contributed by atoms with Gasteiger partial charge >= 0.3 is 0 Å². The molecule has 1 amide bonds. The van der Waals surface area contributed by atoms with E-state index in [2.05, 4.69) is 24.3 Å². The molecule has 1 saturated heterocycles. The van der Waals surface area contributed by atoms with Gasteiger partial charge in [-0.25, -0.2) is 0 Å². The number of likely N-dealkylation sites (tertiary alicyclic amines) is 1. The van der Waals surface area contributed by atoms with Crippen molar-refractivity contribution < 1.29 is 4.79 Å². The van der Waals surface area contributed by atoms with Gasteiger partial charge in [0.05, 0.1) is 0 Å². The van der Waals surface area contributed by atoms with E-state index >= 15 is 0 Å². The summed E-state index contributed by atoms with van der Waals surface area (Å²) in [5, 5.41) is 0.763. The Morgan fingerprint density at radius 3 is 2.36 bits per heavy atom. The highest BCUT2D eigenvalue weighted by Gasteiger charge is 2.17. The standard InChI is InChI=1S/C19H20ClNO/c20-18-6-2-1-5-17(18)16-10-7-15(8-11-16)9-12-19(22)21-13-3-4-14-21/h1-2,5-8,10-11H,3-4,9,12-14H2. The van der Waals surface area contributed by atoms with Crippen LogP contribution in [0.3, 0.4) is 0 Å². The maximum absolute atomic E-state index is 12.1. The Morgan fingerprint density at radius 1 is 1.00 bits per heavy atom. The molecule has 2 aromatic rings. The summed E-state index contributed by atoms with van der Waals surface area (Å²) in [4.78, 5) is 14.0. The Balaban J connectivity index is 1.62. The summed E-state index contributed by atoms with van der Waals surface area (Å²) in [6.45, 7) is 1.87. The predicted molar refractivity (Wildman–Crippen MR) is 91.0 cm³/mol. The summed E-state index contributed by atoms with van der Waals surface area (Å²) in [5.41, 5.74) is 3.35. The van der Waals surface area contributed by atoms with Gasteiger partial charge < -0.3 is 4.90 Å². The van der Waals surface area contributed by atoms with Gasteiger partial charge in [0.1, 0.15) is 0 Å². The largest absolute Gasteiger partial charge is 0.343 e. The average Bonchev–Trinajstić information content (AvgIpc) is 3.08. The first-order valence-corrected chi connectivity index (χ1v) is 8.23. The second-order valence-corrected chi connectivity index (χ2v) is 6.17. The molecule has 1 aliphatic heterocycles. The minimum atomic E-state index is 0.285. The molecular formula is C19H20ClNO. The number of nitrogens with zero attached hydrogens (tertiary/aromatic N) is 1. The lowest BCUT2D eigenvalue weighted by Crippen LogP contribution is -2.27. The van der Waals surface area contributed by atoms with Crippen molar-refractivity contribution in [3.63, 3.8) is 0 Å². The molecule has 0 radical (unpaired) electrons. The maximum atomic E-state index is 12.1. The van der Waals surface area contributed by atoms with Gasteiger partial charge in [-0.3, -0.25) is 4.79 Å². The van der Waals surface area contributed by atoms with Gasteiger partial charge in [-0.15, -0.1) is 0 Å². The number of carbonyl (C=O) groups is 1. The molecule has 0 atom stereocenters. The van der Waals surface area contributed by atoms with Crippen molar-refractivity contribution in [3.8, 4) is 11.1 Å². The van der Waals surface area contributed by atoms with E-state index in [-0.39, 0.29) is 5.91 Å². The Labute approximate surface area is 136 Å². The van der Waals surface area contributed by atoms with Gasteiger partial charge in [-0.05, 0) is 36.5 Å². The minimum absolute atomic E-state index is 0.285. The van der Waals surface area contributed by atoms with E-state index < -0.39 is 0 Å². The Bertz CT molecular complexity index is 645. The third-order valence-electron chi connectivity index (χ3n) is 4.23. The van der Waals surface area contributed by atoms with Crippen LogP contribution in [0.4, 0.5) is 0 Å². The number of aryl methyl sites for hydroxylation is 1. The molecule has 1 heterocycles. The molecular weight excluding hydrogens is 294 g/mol. The first kappa shape index (κ1) is 15.1. The van der Waals surface area contributed by atoms with Crippen LogP contribution in [-0.4, -0.2) is 23.9 Å². The number of carbonyl (C=O) groups excluding carboxylic acids is 1. The van der Waals surface area contributed by atoms with Crippen molar-refractivity contribution in [2.75, 3.05) is 13.1 Å². The van der Waals surface area contributed by atoms with Crippen LogP contribution in [0.1, 0.15) is 24.8 Å². The van der Waals surface area contributed by atoms with Crippen molar-refractivity contribution in [1.29, 1.82) is 0 Å². The normalized spacial score (nSPS) is 14.3. The number of halogens is 1. The van der Waals surface area contributed by atoms with Crippen LogP contribution in [0.5, 0.6) is 0 Å². The molecule has 2 nitrogen and oxygen atoms in total. The smallest absolute Gasteiger partial charge is 0.222 e. The van der Waals surface area contributed by atoms with Crippen LogP contribution >= 0.6 is 11.6 Å². The zero-order chi connectivity index (χ0) is 15.4. The molecule has 0 spiro atoms. The summed E-state index contributed by atoms with van der Waals surface area (Å²) >= 11 is 6.22. The van der Waals surface area contributed by atoms with E-state index in [1.807, 2.05) is 29.2 Å². The van der Waals surface area contributed by atoms with E-state index in [0.29, 0.717) is 6.42 Å². The fourth-order valence-electron chi connectivity index (χ4n) is 2.92. The van der Waals surface area contributed by atoms with E-state index in [9.17, 15) is 4.79 Å². The van der Waals surface area contributed by atoms with Crippen LogP contribution < -0.4 is 0 Å². The Kier molecular flexibility index (Phi) is 4.79. The number of hydrogen-bond donors (Lipinski definition) is 0. The molecule has 3 heteroatoms. The van der Waals surface area contributed by atoms with Crippen LogP contribution in [-0.2, 0) is 11.2 Å². The van der Waals surface area contributed by atoms with Crippen LogP contribution in [0, 0.1) is 0 Å². The quantitative estimate of drug-likeness (QED) is 0.810. The Hall–Kier alpha value is -1.80. The molecule has 0 aromatic heterocycles. The summed E-state index contributed by atoms with van der Waals surface area (Å²) in [6, 6.07) is 16.2. The SMILES string of the molecule is O=C(CCc1ccc(-c2ccccc2Cl)cc1)N1CCCC1. The van der Waals surface area contributed by atoms with Gasteiger partial charge in [0.2, 0.25) is 5.91 Å². The summed E-state index contributed by atoms with van der Waals surface area (Å²) in [5.74, 6) is 0.285. The summed E-state index contributed by atoms with van der Waals surface area (Å²) in [6.07, 6.45) is 3.71. The summed E-state index contributed by atoms with van der Waals surface area (Å²) < 4.78 is 0. The van der Waals surface area contributed by atoms with Gasteiger partial charge in [0, 0.05) is 30.1 Å². The minimum Gasteiger partial charge on any atom is -0.343 e. The molecule has 0 unspecified atom stereocenters. The van der Waals surface area contributed by atoms with Crippen LogP contribution in [0.25, 0.3) is 11.1 Å². The third kappa shape index (κ3) is 3.50. The van der Waals surface area contributed by atoms with Crippen molar-refractivity contribution in [1.82, 2.24) is 4.90 Å². The van der Waals surface area contributed by atoms with E-state index in [1.165, 1.54) is 5.56 Å². The predicted octanol–water partition coefficient (Wildman–Crippen LogP) is 4.56. The lowest BCUT2D eigenvalue weighted by Gasteiger charge is -2.15. The van der Waals surface area contributed by atoms with Gasteiger partial charge in [-0.2, -0.15) is 0 Å². The van der Waals surface area contributed by atoms with Crippen molar-refractivity contribution >= 4 is 17.5 Å². The fraction of sp³-hybridized carbons (Fsp3) is 0.316. The topological polar surface area (TPSA) is 20.3 Å². The Morgan fingerprint density at radius 2 is 1.68 bits per heavy atom. The lowest BCUT2D eigenvalue weighted by molar-refractivity contribution is -0.130. The molecule has 0 bridgehead atoms. The van der Waals surface area contributed by atoms with E-state index in [4.69, 9.17) is 11.6 Å². The number of hydrogen-bond acceptors (Lipinski definition) is 1. The highest BCUT2D eigenvalue weighted by atomic mass is 35.5. The number of rotatable bonds is 4. The monoisotopic (exact) mass is 313 g/mol. The molecule has 22 heavy (non-hydrogen) atoms. The summed E-state index contributed by atoms with van der Waals surface area (Å²) in [7, 11) is 0. The second kappa shape index (κ2) is 6.97. The van der Waals surface area contributed by atoms with Crippen molar-refractivity contribution in [2.24, 2.45) is 0 Å². The second-order valence-electron chi connectivity index (χ2n) is 5.76. The fourth-order valence-corrected chi connectivity index (χ4v) is 3.17. The molecule has 3 rings (SSSR count). The molecule has 0 saturated carbocycles. The molecule has 114 valence electrons. The first-order chi connectivity index (χ1) is 10.7. The third-order valence-corrected chi connectivity index (χ3v) is 4.55. The molecule has 0 N–H and O–H groups in total. The van der Waals surface area contributed by atoms with Gasteiger partial charge in [-0.1, -0.05) is 54.1 Å². The zero-order valence-electron chi connectivity index (χ0n) is 12.6. The molecule has 1 aliphatic rings. The highest BCUT2D eigenvalue weighted by molar-refractivity contribution is 6.33. The number of benzene rings is 2. The maximum Gasteiger partial charge on any atom is 0.222 e. The van der Waals surface area contributed by atoms with Crippen LogP contribution in [0.15, 0.2) is 48.5 Å². The molecule has 1 fully saturated rings. The first-order valence-electron chi connectivity index (χ1n) is 7.85.